The summed E-state index contributed by atoms with van der Waals surface area (Å²) in [7, 11) is -3.23. The van der Waals surface area contributed by atoms with E-state index in [-0.39, 0.29) is 0 Å². The number of aliphatic hydroxyl groups is 1. The molecule has 3 rings (SSSR count). The maximum atomic E-state index is 12.2. The molecule has 20 heavy (non-hydrogen) atoms. The van der Waals surface area contributed by atoms with Crippen molar-refractivity contribution in [3.8, 4) is 0 Å². The predicted octanol–water partition coefficient (Wildman–Crippen LogP) is 0.880. The highest BCUT2D eigenvalue weighted by Gasteiger charge is 2.35. The fraction of sp³-hybridized carbons (Fsp3) is 0.769. The number of nitrogens with zero attached hydrogens (tertiary/aromatic N) is 3. The van der Waals surface area contributed by atoms with E-state index in [2.05, 4.69) is 5.10 Å². The summed E-state index contributed by atoms with van der Waals surface area (Å²) >= 11 is 0. The Hall–Kier alpha value is -0.920. The molecule has 1 N–H and O–H groups in total. The van der Waals surface area contributed by atoms with Gasteiger partial charge in [-0.1, -0.05) is 0 Å². The zero-order valence-electron chi connectivity index (χ0n) is 11.9. The van der Waals surface area contributed by atoms with E-state index < -0.39 is 21.4 Å². The van der Waals surface area contributed by atoms with Crippen molar-refractivity contribution in [3.05, 3.63) is 17.5 Å². The lowest BCUT2D eigenvalue weighted by atomic mass is 10.1. The van der Waals surface area contributed by atoms with Gasteiger partial charge in [0.05, 0.1) is 29.7 Å². The molecule has 1 saturated carbocycles. The molecule has 0 radical (unpaired) electrons. The van der Waals surface area contributed by atoms with Gasteiger partial charge in [0.1, 0.15) is 6.10 Å². The summed E-state index contributed by atoms with van der Waals surface area (Å²) in [4.78, 5) is 0. The first-order valence-corrected chi connectivity index (χ1v) is 8.63. The summed E-state index contributed by atoms with van der Waals surface area (Å²) < 4.78 is 27.7. The summed E-state index contributed by atoms with van der Waals surface area (Å²) in [5.74, 6) is 0.336. The number of fused-ring (bicyclic) bond motifs is 1. The summed E-state index contributed by atoms with van der Waals surface area (Å²) in [6.45, 7) is 4.75. The number of hydrogen-bond donors (Lipinski definition) is 1. The van der Waals surface area contributed by atoms with Crippen LogP contribution in [-0.2, 0) is 23.1 Å². The molecule has 1 fully saturated rings. The molecule has 1 atom stereocenters. The second-order valence-electron chi connectivity index (χ2n) is 5.99. The molecule has 112 valence electrons. The Morgan fingerprint density at radius 2 is 2.05 bits per heavy atom. The van der Waals surface area contributed by atoms with E-state index in [4.69, 9.17) is 0 Å². The molecule has 2 aliphatic rings. The Bertz CT molecular complexity index is 604. The predicted molar refractivity (Wildman–Crippen MR) is 74.4 cm³/mol. The molecule has 0 spiro atoms. The van der Waals surface area contributed by atoms with E-state index in [1.54, 1.807) is 13.8 Å². The maximum Gasteiger partial charge on any atom is 0.216 e. The topological polar surface area (TPSA) is 75.4 Å². The van der Waals surface area contributed by atoms with Gasteiger partial charge in [0.2, 0.25) is 10.0 Å². The third-order valence-electron chi connectivity index (χ3n) is 4.11. The van der Waals surface area contributed by atoms with Gasteiger partial charge in [0, 0.05) is 6.54 Å². The van der Waals surface area contributed by atoms with Crippen LogP contribution in [0.1, 0.15) is 44.2 Å². The Morgan fingerprint density at radius 1 is 1.35 bits per heavy atom. The number of hydrogen-bond acceptors (Lipinski definition) is 4. The Balaban J connectivity index is 1.81. The normalized spacial score (nSPS) is 22.0. The lowest BCUT2D eigenvalue weighted by Gasteiger charge is -2.28. The van der Waals surface area contributed by atoms with Crippen molar-refractivity contribution in [1.29, 1.82) is 0 Å². The van der Waals surface area contributed by atoms with Crippen LogP contribution in [0.25, 0.3) is 0 Å². The standard InChI is InChI=1S/C13H21N3O3S/c1-9(2)20(18,19)15-5-6-16-11(8-15)7-12(14-16)13(17)10-3-4-10/h7,9-10,13,17H,3-6,8H2,1-2H3/t13-/m1/s1. The van der Waals surface area contributed by atoms with E-state index in [0.717, 1.165) is 18.5 Å². The van der Waals surface area contributed by atoms with Crippen molar-refractivity contribution in [1.82, 2.24) is 14.1 Å². The molecule has 6 nitrogen and oxygen atoms in total. The van der Waals surface area contributed by atoms with Crippen LogP contribution in [-0.4, -0.2) is 39.4 Å². The molecule has 2 heterocycles. The Kier molecular flexibility index (Phi) is 3.38. The van der Waals surface area contributed by atoms with Gasteiger partial charge in [-0.3, -0.25) is 4.68 Å². The van der Waals surface area contributed by atoms with Crippen LogP contribution in [0.4, 0.5) is 0 Å². The van der Waals surface area contributed by atoms with Crippen LogP contribution in [0, 0.1) is 5.92 Å². The van der Waals surface area contributed by atoms with Gasteiger partial charge < -0.3 is 5.11 Å². The van der Waals surface area contributed by atoms with Crippen molar-refractivity contribution in [2.75, 3.05) is 6.54 Å². The Labute approximate surface area is 119 Å². The molecule has 1 aromatic heterocycles. The van der Waals surface area contributed by atoms with Crippen molar-refractivity contribution in [2.24, 2.45) is 5.92 Å². The fourth-order valence-electron chi connectivity index (χ4n) is 2.58. The molecule has 1 aliphatic heterocycles. The van der Waals surface area contributed by atoms with E-state index >= 15 is 0 Å². The zero-order chi connectivity index (χ0) is 14.5. The largest absolute Gasteiger partial charge is 0.386 e. The highest BCUT2D eigenvalue weighted by molar-refractivity contribution is 7.89. The van der Waals surface area contributed by atoms with Crippen LogP contribution < -0.4 is 0 Å². The van der Waals surface area contributed by atoms with E-state index in [9.17, 15) is 13.5 Å². The molecular weight excluding hydrogens is 278 g/mol. The molecular formula is C13H21N3O3S. The van der Waals surface area contributed by atoms with E-state index in [0.29, 0.717) is 31.2 Å². The van der Waals surface area contributed by atoms with Crippen LogP contribution in [0.2, 0.25) is 0 Å². The van der Waals surface area contributed by atoms with Crippen molar-refractivity contribution in [2.45, 2.75) is 51.1 Å². The number of sulfonamides is 1. The van der Waals surface area contributed by atoms with Gasteiger partial charge >= 0.3 is 0 Å². The van der Waals surface area contributed by atoms with Crippen LogP contribution in [0.3, 0.4) is 0 Å². The molecule has 0 unspecified atom stereocenters. The van der Waals surface area contributed by atoms with E-state index in [1.807, 2.05) is 10.7 Å². The number of aromatic nitrogens is 2. The second kappa shape index (κ2) is 4.82. The lowest BCUT2D eigenvalue weighted by molar-refractivity contribution is 0.148. The van der Waals surface area contributed by atoms with Crippen molar-refractivity contribution < 1.29 is 13.5 Å². The Morgan fingerprint density at radius 3 is 2.65 bits per heavy atom. The molecule has 0 saturated heterocycles. The molecule has 1 aromatic rings. The molecule has 1 aliphatic carbocycles. The van der Waals surface area contributed by atoms with Gasteiger partial charge in [-0.15, -0.1) is 0 Å². The van der Waals surface area contributed by atoms with Crippen LogP contribution in [0.15, 0.2) is 6.07 Å². The SMILES string of the molecule is CC(C)S(=O)(=O)N1CCn2nc([C@H](O)C3CC3)cc2C1. The van der Waals surface area contributed by atoms with Gasteiger partial charge in [-0.25, -0.2) is 8.42 Å². The number of aliphatic hydroxyl groups excluding tert-OH is 1. The first kappa shape index (κ1) is 14.0. The smallest absolute Gasteiger partial charge is 0.216 e. The first-order chi connectivity index (χ1) is 9.39. The third kappa shape index (κ3) is 2.38. The third-order valence-corrected chi connectivity index (χ3v) is 6.33. The lowest BCUT2D eigenvalue weighted by Crippen LogP contribution is -2.41. The average molecular weight is 299 g/mol. The van der Waals surface area contributed by atoms with Gasteiger partial charge in [0.25, 0.3) is 0 Å². The fourth-order valence-corrected chi connectivity index (χ4v) is 3.82. The molecule has 0 amide bonds. The van der Waals surface area contributed by atoms with Crippen molar-refractivity contribution in [3.63, 3.8) is 0 Å². The molecule has 0 bridgehead atoms. The molecule has 7 heteroatoms. The first-order valence-electron chi connectivity index (χ1n) is 7.13. The quantitative estimate of drug-likeness (QED) is 0.895. The minimum Gasteiger partial charge on any atom is -0.386 e. The minimum atomic E-state index is -3.23. The molecule has 0 aromatic carbocycles. The zero-order valence-corrected chi connectivity index (χ0v) is 12.7. The van der Waals surface area contributed by atoms with Crippen LogP contribution >= 0.6 is 0 Å². The van der Waals surface area contributed by atoms with E-state index in [1.165, 1.54) is 4.31 Å². The summed E-state index contributed by atoms with van der Waals surface area (Å²) in [6.07, 6.45) is 1.61. The highest BCUT2D eigenvalue weighted by atomic mass is 32.2. The van der Waals surface area contributed by atoms with Crippen LogP contribution in [0.5, 0.6) is 0 Å². The monoisotopic (exact) mass is 299 g/mol. The maximum absolute atomic E-state index is 12.2. The summed E-state index contributed by atoms with van der Waals surface area (Å²) in [5.41, 5.74) is 1.56. The average Bonchev–Trinajstić information content (AvgIpc) is 3.15. The summed E-state index contributed by atoms with van der Waals surface area (Å²) in [6, 6.07) is 1.85. The minimum absolute atomic E-state index is 0.336. The highest BCUT2D eigenvalue weighted by Crippen LogP contribution is 2.40. The van der Waals surface area contributed by atoms with Gasteiger partial charge in [0.15, 0.2) is 0 Å². The second-order valence-corrected chi connectivity index (χ2v) is 8.48. The van der Waals surface area contributed by atoms with Gasteiger partial charge in [-0.05, 0) is 38.7 Å². The number of rotatable bonds is 4. The van der Waals surface area contributed by atoms with Crippen molar-refractivity contribution >= 4 is 10.0 Å². The van der Waals surface area contributed by atoms with Gasteiger partial charge in [-0.2, -0.15) is 9.40 Å². The summed E-state index contributed by atoms with van der Waals surface area (Å²) in [5, 5.41) is 14.1.